The summed E-state index contributed by atoms with van der Waals surface area (Å²) in [5.74, 6) is -0.199. The first-order valence-corrected chi connectivity index (χ1v) is 8.93. The van der Waals surface area contributed by atoms with E-state index in [2.05, 4.69) is 34.4 Å². The molecule has 1 aliphatic carbocycles. The molecule has 4 heteroatoms. The molecule has 0 amide bonds. The predicted octanol–water partition coefficient (Wildman–Crippen LogP) is 4.91. The Labute approximate surface area is 127 Å². The summed E-state index contributed by atoms with van der Waals surface area (Å²) in [5, 5.41) is 4.43. The van der Waals surface area contributed by atoms with E-state index in [1.807, 2.05) is 23.9 Å². The molecule has 1 aromatic rings. The first-order chi connectivity index (χ1) is 9.11. The third-order valence-electron chi connectivity index (χ3n) is 3.91. The van der Waals surface area contributed by atoms with Gasteiger partial charge in [0.2, 0.25) is 0 Å². The van der Waals surface area contributed by atoms with Gasteiger partial charge in [-0.25, -0.2) is 4.39 Å². The van der Waals surface area contributed by atoms with Gasteiger partial charge in [0.25, 0.3) is 0 Å². The molecule has 1 N–H and O–H groups in total. The Morgan fingerprint density at radius 1 is 1.37 bits per heavy atom. The zero-order chi connectivity index (χ0) is 13.8. The van der Waals surface area contributed by atoms with Crippen molar-refractivity contribution in [3.63, 3.8) is 0 Å². The fourth-order valence-corrected chi connectivity index (χ4v) is 4.11. The summed E-state index contributed by atoms with van der Waals surface area (Å²) >= 11 is 5.22. The van der Waals surface area contributed by atoms with Crippen LogP contribution in [0.25, 0.3) is 0 Å². The highest BCUT2D eigenvalue weighted by Crippen LogP contribution is 2.29. The number of hydrogen-bond acceptors (Lipinski definition) is 2. The Kier molecular flexibility index (Phi) is 5.72. The Hall–Kier alpha value is -0.0600. The van der Waals surface area contributed by atoms with Crippen LogP contribution >= 0.6 is 27.7 Å². The van der Waals surface area contributed by atoms with Gasteiger partial charge in [0.05, 0.1) is 4.47 Å². The lowest BCUT2D eigenvalue weighted by Gasteiger charge is -2.33. The Bertz CT molecular complexity index is 427. The Morgan fingerprint density at radius 3 is 2.79 bits per heavy atom. The van der Waals surface area contributed by atoms with E-state index in [-0.39, 0.29) is 11.9 Å². The topological polar surface area (TPSA) is 12.0 Å². The molecule has 1 saturated carbocycles. The summed E-state index contributed by atoms with van der Waals surface area (Å²) in [6.07, 6.45) is 7.41. The molecule has 1 aromatic carbocycles. The third-order valence-corrected chi connectivity index (χ3v) is 5.69. The summed E-state index contributed by atoms with van der Waals surface area (Å²) < 4.78 is 13.8. The maximum absolute atomic E-state index is 13.3. The van der Waals surface area contributed by atoms with Gasteiger partial charge in [0.1, 0.15) is 5.82 Å². The highest BCUT2D eigenvalue weighted by atomic mass is 79.9. The molecule has 19 heavy (non-hydrogen) atoms. The molecule has 0 aliphatic heterocycles. The van der Waals surface area contributed by atoms with Gasteiger partial charge in [0, 0.05) is 17.3 Å². The second-order valence-electron chi connectivity index (χ2n) is 5.23. The number of hydrogen-bond donors (Lipinski definition) is 1. The van der Waals surface area contributed by atoms with E-state index >= 15 is 0 Å². The van der Waals surface area contributed by atoms with Crippen molar-refractivity contribution in [2.75, 3.05) is 6.26 Å². The van der Waals surface area contributed by atoms with E-state index in [0.29, 0.717) is 15.8 Å². The molecule has 3 atom stereocenters. The summed E-state index contributed by atoms with van der Waals surface area (Å²) in [6.45, 7) is 2.16. The van der Waals surface area contributed by atoms with Gasteiger partial charge >= 0.3 is 0 Å². The highest BCUT2D eigenvalue weighted by molar-refractivity contribution is 9.10. The number of halogens is 2. The van der Waals surface area contributed by atoms with Crippen molar-refractivity contribution in [2.45, 2.75) is 49.9 Å². The standard InChI is InChI=1S/C15H21BrFNS/c1-10(11-7-8-13(17)12(16)9-11)18-14-5-3-4-6-15(14)19-2/h7-10,14-15,18H,3-6H2,1-2H3. The van der Waals surface area contributed by atoms with E-state index in [9.17, 15) is 4.39 Å². The van der Waals surface area contributed by atoms with Crippen molar-refractivity contribution in [3.8, 4) is 0 Å². The van der Waals surface area contributed by atoms with Crippen molar-refractivity contribution in [2.24, 2.45) is 0 Å². The predicted molar refractivity (Wildman–Crippen MR) is 85.2 cm³/mol. The van der Waals surface area contributed by atoms with Crippen molar-refractivity contribution in [3.05, 3.63) is 34.1 Å². The molecule has 1 aliphatic rings. The minimum Gasteiger partial charge on any atom is -0.306 e. The molecule has 0 saturated heterocycles. The second-order valence-corrected chi connectivity index (χ2v) is 7.16. The zero-order valence-corrected chi connectivity index (χ0v) is 13.9. The Balaban J connectivity index is 2.02. The van der Waals surface area contributed by atoms with Crippen molar-refractivity contribution >= 4 is 27.7 Å². The first kappa shape index (κ1) is 15.3. The number of nitrogens with one attached hydrogen (secondary N) is 1. The van der Waals surface area contributed by atoms with E-state index in [1.165, 1.54) is 31.7 Å². The van der Waals surface area contributed by atoms with E-state index in [4.69, 9.17) is 0 Å². The molecule has 0 bridgehead atoms. The first-order valence-electron chi connectivity index (χ1n) is 6.85. The van der Waals surface area contributed by atoms with E-state index in [0.717, 1.165) is 5.56 Å². The lowest BCUT2D eigenvalue weighted by molar-refractivity contribution is 0.356. The molecule has 0 heterocycles. The molecule has 0 aromatic heterocycles. The fraction of sp³-hybridized carbons (Fsp3) is 0.600. The largest absolute Gasteiger partial charge is 0.306 e. The summed E-state index contributed by atoms with van der Waals surface area (Å²) in [5.41, 5.74) is 1.14. The van der Waals surface area contributed by atoms with Crippen LogP contribution in [0.5, 0.6) is 0 Å². The molecule has 1 fully saturated rings. The van der Waals surface area contributed by atoms with Gasteiger partial charge in [-0.2, -0.15) is 11.8 Å². The lowest BCUT2D eigenvalue weighted by Crippen LogP contribution is -2.41. The van der Waals surface area contributed by atoms with Gasteiger partial charge in [-0.3, -0.25) is 0 Å². The number of thioether (sulfide) groups is 1. The minimum atomic E-state index is -0.199. The maximum atomic E-state index is 13.3. The summed E-state index contributed by atoms with van der Waals surface area (Å²) in [4.78, 5) is 0. The molecular formula is C15H21BrFNS. The van der Waals surface area contributed by atoms with Crippen molar-refractivity contribution in [1.29, 1.82) is 0 Å². The quantitative estimate of drug-likeness (QED) is 0.831. The SMILES string of the molecule is CSC1CCCCC1NC(C)c1ccc(F)c(Br)c1. The molecular weight excluding hydrogens is 325 g/mol. The zero-order valence-electron chi connectivity index (χ0n) is 11.5. The molecule has 1 nitrogen and oxygen atoms in total. The Morgan fingerprint density at radius 2 is 2.11 bits per heavy atom. The minimum absolute atomic E-state index is 0.199. The average Bonchev–Trinajstić information content (AvgIpc) is 2.42. The smallest absolute Gasteiger partial charge is 0.137 e. The number of benzene rings is 1. The second kappa shape index (κ2) is 7.09. The van der Waals surface area contributed by atoms with Crippen molar-refractivity contribution < 1.29 is 4.39 Å². The normalized spacial score (nSPS) is 25.3. The average molecular weight is 346 g/mol. The van der Waals surface area contributed by atoms with Crippen LogP contribution in [0, 0.1) is 5.82 Å². The van der Waals surface area contributed by atoms with Gasteiger partial charge in [-0.15, -0.1) is 0 Å². The van der Waals surface area contributed by atoms with Crippen LogP contribution in [0.3, 0.4) is 0 Å². The van der Waals surface area contributed by atoms with E-state index in [1.54, 1.807) is 0 Å². The molecule has 106 valence electrons. The maximum Gasteiger partial charge on any atom is 0.137 e. The van der Waals surface area contributed by atoms with Gasteiger partial charge in [-0.05, 0) is 59.6 Å². The van der Waals surface area contributed by atoms with Crippen LogP contribution in [-0.4, -0.2) is 17.5 Å². The van der Waals surface area contributed by atoms with Crippen LogP contribution in [0.15, 0.2) is 22.7 Å². The monoisotopic (exact) mass is 345 g/mol. The van der Waals surface area contributed by atoms with Crippen LogP contribution in [0.4, 0.5) is 4.39 Å². The van der Waals surface area contributed by atoms with E-state index < -0.39 is 0 Å². The van der Waals surface area contributed by atoms with Gasteiger partial charge < -0.3 is 5.32 Å². The molecule has 3 unspecified atom stereocenters. The summed E-state index contributed by atoms with van der Waals surface area (Å²) in [6, 6.07) is 6.11. The molecule has 0 radical (unpaired) electrons. The van der Waals surface area contributed by atoms with Crippen LogP contribution < -0.4 is 5.32 Å². The summed E-state index contributed by atoms with van der Waals surface area (Å²) in [7, 11) is 0. The third kappa shape index (κ3) is 3.96. The van der Waals surface area contributed by atoms with Gasteiger partial charge in [-0.1, -0.05) is 18.9 Å². The molecule has 0 spiro atoms. The number of rotatable bonds is 4. The van der Waals surface area contributed by atoms with Crippen LogP contribution in [-0.2, 0) is 0 Å². The fourth-order valence-electron chi connectivity index (χ4n) is 2.77. The van der Waals surface area contributed by atoms with Gasteiger partial charge in [0.15, 0.2) is 0 Å². The van der Waals surface area contributed by atoms with Crippen molar-refractivity contribution in [1.82, 2.24) is 5.32 Å². The van der Waals surface area contributed by atoms with Crippen LogP contribution in [0.1, 0.15) is 44.2 Å². The molecule has 2 rings (SSSR count). The van der Waals surface area contributed by atoms with Crippen LogP contribution in [0.2, 0.25) is 0 Å². The lowest BCUT2D eigenvalue weighted by atomic mass is 9.93. The highest BCUT2D eigenvalue weighted by Gasteiger charge is 2.25.